The molecule has 0 radical (unpaired) electrons. The molecule has 0 aliphatic carbocycles. The highest BCUT2D eigenvalue weighted by Crippen LogP contribution is 2.28. The molecule has 0 saturated carbocycles. The molecule has 2 rings (SSSR count). The van der Waals surface area contributed by atoms with Gasteiger partial charge < -0.3 is 10.1 Å². The van der Waals surface area contributed by atoms with Gasteiger partial charge in [0, 0.05) is 10.5 Å². The lowest BCUT2D eigenvalue weighted by molar-refractivity contribution is 0.414. The summed E-state index contributed by atoms with van der Waals surface area (Å²) in [6, 6.07) is 11.6. The summed E-state index contributed by atoms with van der Waals surface area (Å²) < 4.78 is 19.6. The van der Waals surface area contributed by atoms with E-state index in [9.17, 15) is 4.39 Å². The highest BCUT2D eigenvalue weighted by atomic mass is 79.9. The molecule has 3 nitrogen and oxygen atoms in total. The number of methoxy groups -OCH3 is 1. The molecule has 0 heterocycles. The number of halogens is 2. The smallest absolute Gasteiger partial charge is 0.146 e. The topological polar surface area (TPSA) is 45.0 Å². The van der Waals surface area contributed by atoms with E-state index in [1.165, 1.54) is 25.3 Å². The number of benzene rings is 2. The van der Waals surface area contributed by atoms with Crippen molar-refractivity contribution in [1.82, 2.24) is 0 Å². The normalized spacial score (nSPS) is 9.79. The van der Waals surface area contributed by atoms with E-state index in [-0.39, 0.29) is 5.69 Å². The van der Waals surface area contributed by atoms with Crippen molar-refractivity contribution in [3.05, 3.63) is 52.3 Å². The van der Waals surface area contributed by atoms with Crippen LogP contribution in [0.2, 0.25) is 0 Å². The predicted molar refractivity (Wildman–Crippen MR) is 75.1 cm³/mol. The van der Waals surface area contributed by atoms with E-state index in [4.69, 9.17) is 10.00 Å². The lowest BCUT2D eigenvalue weighted by atomic mass is 10.2. The zero-order chi connectivity index (χ0) is 13.8. The third kappa shape index (κ3) is 3.04. The van der Waals surface area contributed by atoms with Crippen LogP contribution >= 0.6 is 15.9 Å². The fourth-order valence-electron chi connectivity index (χ4n) is 1.59. The van der Waals surface area contributed by atoms with Crippen LogP contribution in [0, 0.1) is 17.1 Å². The summed E-state index contributed by atoms with van der Waals surface area (Å²) in [5.74, 6) is 0.127. The molecule has 0 amide bonds. The van der Waals surface area contributed by atoms with Gasteiger partial charge >= 0.3 is 0 Å². The molecule has 2 aromatic carbocycles. The molecule has 0 spiro atoms. The van der Waals surface area contributed by atoms with Crippen LogP contribution < -0.4 is 10.1 Å². The Morgan fingerprint density at radius 3 is 2.68 bits per heavy atom. The molecule has 0 aromatic heterocycles. The Bertz CT molecular complexity index is 652. The number of ether oxygens (including phenoxy) is 1. The minimum absolute atomic E-state index is 0.258. The van der Waals surface area contributed by atoms with Crippen LogP contribution in [0.3, 0.4) is 0 Å². The van der Waals surface area contributed by atoms with E-state index in [0.717, 1.165) is 4.47 Å². The average Bonchev–Trinajstić information content (AvgIpc) is 2.41. The molecule has 0 atom stereocenters. The van der Waals surface area contributed by atoms with Crippen LogP contribution in [-0.4, -0.2) is 7.11 Å². The van der Waals surface area contributed by atoms with Gasteiger partial charge in [-0.2, -0.15) is 5.26 Å². The third-order valence-corrected chi connectivity index (χ3v) is 3.04. The lowest BCUT2D eigenvalue weighted by Gasteiger charge is -2.11. The quantitative estimate of drug-likeness (QED) is 0.921. The van der Waals surface area contributed by atoms with Gasteiger partial charge in [0.05, 0.1) is 24.0 Å². The van der Waals surface area contributed by atoms with Gasteiger partial charge in [-0.05, 0) is 30.3 Å². The maximum atomic E-state index is 13.7. The van der Waals surface area contributed by atoms with E-state index in [1.807, 2.05) is 0 Å². The molecular formula is C14H10BrFN2O. The molecule has 0 fully saturated rings. The molecule has 0 saturated heterocycles. The van der Waals surface area contributed by atoms with Crippen molar-refractivity contribution in [2.45, 2.75) is 0 Å². The van der Waals surface area contributed by atoms with Gasteiger partial charge in [-0.1, -0.05) is 15.9 Å². The van der Waals surface area contributed by atoms with E-state index < -0.39 is 5.82 Å². The van der Waals surface area contributed by atoms with Crippen LogP contribution in [0.4, 0.5) is 15.8 Å². The fourth-order valence-corrected chi connectivity index (χ4v) is 1.95. The monoisotopic (exact) mass is 320 g/mol. The van der Waals surface area contributed by atoms with E-state index in [0.29, 0.717) is 17.0 Å². The number of rotatable bonds is 3. The van der Waals surface area contributed by atoms with Gasteiger partial charge in [0.25, 0.3) is 0 Å². The van der Waals surface area contributed by atoms with E-state index in [2.05, 4.69) is 27.3 Å². The molecule has 1 N–H and O–H groups in total. The number of hydrogen-bond acceptors (Lipinski definition) is 3. The van der Waals surface area contributed by atoms with Crippen molar-refractivity contribution in [2.24, 2.45) is 0 Å². The van der Waals surface area contributed by atoms with Crippen LogP contribution in [0.25, 0.3) is 0 Å². The summed E-state index contributed by atoms with van der Waals surface area (Å²) in [5.41, 5.74) is 1.23. The number of anilines is 2. The molecule has 2 aromatic rings. The van der Waals surface area contributed by atoms with Crippen molar-refractivity contribution in [2.75, 3.05) is 12.4 Å². The minimum Gasteiger partial charge on any atom is -0.497 e. The van der Waals surface area contributed by atoms with Crippen molar-refractivity contribution >= 4 is 27.3 Å². The molecule has 0 bridgehead atoms. The van der Waals surface area contributed by atoms with Crippen LogP contribution in [-0.2, 0) is 0 Å². The Hall–Kier alpha value is -2.06. The largest absolute Gasteiger partial charge is 0.497 e. The lowest BCUT2D eigenvalue weighted by Crippen LogP contribution is -1.97. The number of nitrogens with one attached hydrogen (secondary N) is 1. The van der Waals surface area contributed by atoms with Gasteiger partial charge in [-0.3, -0.25) is 0 Å². The molecule has 0 aliphatic heterocycles. The summed E-state index contributed by atoms with van der Waals surface area (Å²) >= 11 is 3.32. The van der Waals surface area contributed by atoms with Gasteiger partial charge in [0.15, 0.2) is 0 Å². The maximum Gasteiger partial charge on any atom is 0.146 e. The summed E-state index contributed by atoms with van der Waals surface area (Å²) in [4.78, 5) is 0. The first kappa shape index (κ1) is 13.4. The first-order valence-electron chi connectivity index (χ1n) is 5.44. The Labute approximate surface area is 118 Å². The fraction of sp³-hybridized carbons (Fsp3) is 0.0714. The average molecular weight is 321 g/mol. The Kier molecular flexibility index (Phi) is 4.03. The zero-order valence-electron chi connectivity index (χ0n) is 10.1. The maximum absolute atomic E-state index is 13.7. The molecule has 96 valence electrons. The highest BCUT2D eigenvalue weighted by molar-refractivity contribution is 9.10. The van der Waals surface area contributed by atoms with E-state index in [1.54, 1.807) is 18.2 Å². The van der Waals surface area contributed by atoms with Gasteiger partial charge in [-0.25, -0.2) is 4.39 Å². The van der Waals surface area contributed by atoms with Crippen molar-refractivity contribution in [3.63, 3.8) is 0 Å². The van der Waals surface area contributed by atoms with Crippen LogP contribution in [0.5, 0.6) is 5.75 Å². The molecule has 5 heteroatoms. The number of nitriles is 1. The Morgan fingerprint density at radius 1 is 1.21 bits per heavy atom. The van der Waals surface area contributed by atoms with Crippen LogP contribution in [0.1, 0.15) is 5.56 Å². The number of hydrogen-bond donors (Lipinski definition) is 1. The molecule has 19 heavy (non-hydrogen) atoms. The summed E-state index contributed by atoms with van der Waals surface area (Å²) in [6.45, 7) is 0. The molecule has 0 unspecified atom stereocenters. The second-order valence-corrected chi connectivity index (χ2v) is 4.69. The third-order valence-electron chi connectivity index (χ3n) is 2.54. The standard InChI is InChI=1S/C14H10BrFN2O/c1-19-11-4-5-12(16)14(7-11)18-13-6-10(15)3-2-9(13)8-17/h2-7,18H,1H3. The number of nitrogens with zero attached hydrogens (tertiary/aromatic N) is 1. The first-order valence-corrected chi connectivity index (χ1v) is 6.23. The second kappa shape index (κ2) is 5.72. The zero-order valence-corrected chi connectivity index (χ0v) is 11.7. The SMILES string of the molecule is COc1ccc(F)c(Nc2cc(Br)ccc2C#N)c1. The van der Waals surface area contributed by atoms with Crippen LogP contribution in [0.15, 0.2) is 40.9 Å². The minimum atomic E-state index is -0.412. The first-order chi connectivity index (χ1) is 9.13. The van der Waals surface area contributed by atoms with E-state index >= 15 is 0 Å². The summed E-state index contributed by atoms with van der Waals surface area (Å²) in [7, 11) is 1.51. The highest BCUT2D eigenvalue weighted by Gasteiger charge is 2.08. The second-order valence-electron chi connectivity index (χ2n) is 3.77. The Balaban J connectivity index is 2.41. The molecule has 0 aliphatic rings. The molecular weight excluding hydrogens is 311 g/mol. The predicted octanol–water partition coefficient (Wildman–Crippen LogP) is 4.21. The Morgan fingerprint density at radius 2 is 2.00 bits per heavy atom. The summed E-state index contributed by atoms with van der Waals surface area (Å²) in [6.07, 6.45) is 0. The van der Waals surface area contributed by atoms with Gasteiger partial charge in [-0.15, -0.1) is 0 Å². The van der Waals surface area contributed by atoms with Crippen molar-refractivity contribution in [3.8, 4) is 11.8 Å². The van der Waals surface area contributed by atoms with Crippen molar-refractivity contribution < 1.29 is 9.13 Å². The van der Waals surface area contributed by atoms with Gasteiger partial charge in [0.2, 0.25) is 0 Å². The van der Waals surface area contributed by atoms with Crippen molar-refractivity contribution in [1.29, 1.82) is 5.26 Å². The summed E-state index contributed by atoms with van der Waals surface area (Å²) in [5, 5.41) is 11.9. The van der Waals surface area contributed by atoms with Gasteiger partial charge in [0.1, 0.15) is 17.6 Å².